The number of nitrogens with one attached hydrogen (secondary N) is 2. The van der Waals surface area contributed by atoms with Gasteiger partial charge in [-0.2, -0.15) is 0 Å². The fraction of sp³-hybridized carbons (Fsp3) is 0.125. The molecule has 0 bridgehead atoms. The van der Waals surface area contributed by atoms with Gasteiger partial charge in [-0.1, -0.05) is 42.5 Å². The Kier molecular flexibility index (Phi) is 6.77. The zero-order valence-corrected chi connectivity index (χ0v) is 18.2. The number of benzene rings is 3. The second-order valence-corrected chi connectivity index (χ2v) is 8.68. The van der Waals surface area contributed by atoms with Crippen LogP contribution >= 0.6 is 0 Å². The van der Waals surface area contributed by atoms with Crippen molar-refractivity contribution in [3.63, 3.8) is 0 Å². The van der Waals surface area contributed by atoms with Crippen LogP contribution < -0.4 is 14.8 Å². The largest absolute Gasteiger partial charge is 0.489 e. The summed E-state index contributed by atoms with van der Waals surface area (Å²) in [7, 11) is -3.86. The summed E-state index contributed by atoms with van der Waals surface area (Å²) in [5.74, 6) is 0.167. The van der Waals surface area contributed by atoms with E-state index in [0.29, 0.717) is 29.3 Å². The first-order valence-corrected chi connectivity index (χ1v) is 11.1. The van der Waals surface area contributed by atoms with Gasteiger partial charge in [-0.15, -0.1) is 0 Å². The minimum absolute atomic E-state index is 0.0452. The predicted molar refractivity (Wildman–Crippen MR) is 123 cm³/mol. The lowest BCUT2D eigenvalue weighted by atomic mass is 10.1. The Morgan fingerprint density at radius 2 is 1.74 bits per heavy atom. The van der Waals surface area contributed by atoms with Crippen LogP contribution in [0.15, 0.2) is 84.3 Å². The van der Waals surface area contributed by atoms with Crippen molar-refractivity contribution in [3.8, 4) is 5.75 Å². The molecule has 3 rings (SSSR count). The number of sulfonamides is 1. The Balaban J connectivity index is 1.82. The molecule has 0 aliphatic rings. The molecule has 0 saturated carbocycles. The third-order valence-electron chi connectivity index (χ3n) is 4.50. The molecule has 3 aromatic carbocycles. The summed E-state index contributed by atoms with van der Waals surface area (Å²) in [5, 5.41) is 2.77. The average Bonchev–Trinajstić information content (AvgIpc) is 2.74. The van der Waals surface area contributed by atoms with Gasteiger partial charge in [-0.05, 0) is 55.8 Å². The maximum Gasteiger partial charge on any atom is 0.262 e. The van der Waals surface area contributed by atoms with E-state index in [-0.39, 0.29) is 10.5 Å². The van der Waals surface area contributed by atoms with Gasteiger partial charge < -0.3 is 10.1 Å². The number of rotatable bonds is 8. The van der Waals surface area contributed by atoms with Crippen LogP contribution in [0.4, 0.5) is 11.4 Å². The number of carbonyl (C=O) groups is 1. The summed E-state index contributed by atoms with van der Waals surface area (Å²) < 4.78 is 33.9. The van der Waals surface area contributed by atoms with Crippen molar-refractivity contribution in [1.29, 1.82) is 0 Å². The molecule has 0 fully saturated rings. The second-order valence-electron chi connectivity index (χ2n) is 7.03. The predicted octanol–water partition coefficient (Wildman–Crippen LogP) is 4.92. The quantitative estimate of drug-likeness (QED) is 0.491. The fourth-order valence-corrected chi connectivity index (χ4v) is 4.22. The monoisotopic (exact) mass is 436 g/mol. The summed E-state index contributed by atoms with van der Waals surface area (Å²) in [5.41, 5.74) is 2.78. The number of hydrogen-bond acceptors (Lipinski definition) is 4. The summed E-state index contributed by atoms with van der Waals surface area (Å²) in [6.45, 7) is 7.56. The third-order valence-corrected chi connectivity index (χ3v) is 6.03. The highest BCUT2D eigenvalue weighted by Gasteiger charge is 2.19. The third kappa shape index (κ3) is 5.73. The number of aryl methyl sites for hydroxylation is 2. The maximum absolute atomic E-state index is 12.9. The second kappa shape index (κ2) is 9.49. The van der Waals surface area contributed by atoms with Crippen LogP contribution in [0.3, 0.4) is 0 Å². The molecule has 0 heterocycles. The molecule has 0 aromatic heterocycles. The lowest BCUT2D eigenvalue weighted by Gasteiger charge is -2.13. The number of amides is 1. The van der Waals surface area contributed by atoms with E-state index in [1.807, 2.05) is 19.1 Å². The molecule has 2 N–H and O–H groups in total. The Hall–Kier alpha value is -3.58. The Morgan fingerprint density at radius 3 is 2.45 bits per heavy atom. The fourth-order valence-electron chi connectivity index (χ4n) is 2.88. The van der Waals surface area contributed by atoms with Crippen LogP contribution in [-0.4, -0.2) is 20.9 Å². The minimum Gasteiger partial charge on any atom is -0.489 e. The average molecular weight is 437 g/mol. The van der Waals surface area contributed by atoms with Gasteiger partial charge in [0.25, 0.3) is 15.9 Å². The molecule has 0 unspecified atom stereocenters. The highest BCUT2D eigenvalue weighted by atomic mass is 32.2. The number of carbonyl (C=O) groups excluding carboxylic acids is 1. The lowest BCUT2D eigenvalue weighted by molar-refractivity contribution is 0.102. The Morgan fingerprint density at radius 1 is 1.00 bits per heavy atom. The molecule has 160 valence electrons. The highest BCUT2D eigenvalue weighted by Crippen LogP contribution is 2.23. The first-order chi connectivity index (χ1) is 14.8. The van der Waals surface area contributed by atoms with Crippen LogP contribution in [0.2, 0.25) is 0 Å². The van der Waals surface area contributed by atoms with Gasteiger partial charge in [-0.25, -0.2) is 8.42 Å². The molecule has 31 heavy (non-hydrogen) atoms. The van der Waals surface area contributed by atoms with E-state index in [4.69, 9.17) is 4.74 Å². The molecule has 0 aliphatic heterocycles. The number of anilines is 2. The normalized spacial score (nSPS) is 10.9. The molecule has 0 radical (unpaired) electrons. The molecule has 0 spiro atoms. The van der Waals surface area contributed by atoms with Crippen molar-refractivity contribution in [2.45, 2.75) is 18.7 Å². The highest BCUT2D eigenvalue weighted by molar-refractivity contribution is 7.92. The van der Waals surface area contributed by atoms with Gasteiger partial charge in [-0.3, -0.25) is 9.52 Å². The summed E-state index contributed by atoms with van der Waals surface area (Å²) >= 11 is 0. The first kappa shape index (κ1) is 22.1. The van der Waals surface area contributed by atoms with Crippen molar-refractivity contribution in [2.75, 3.05) is 16.6 Å². The lowest BCUT2D eigenvalue weighted by Crippen LogP contribution is -2.17. The number of ether oxygens (including phenoxy) is 1. The zero-order chi connectivity index (χ0) is 22.4. The summed E-state index contributed by atoms with van der Waals surface area (Å²) in [6, 6.07) is 18.5. The van der Waals surface area contributed by atoms with Crippen molar-refractivity contribution in [2.24, 2.45) is 0 Å². The summed E-state index contributed by atoms with van der Waals surface area (Å²) in [4.78, 5) is 12.8. The standard InChI is InChI=1S/C24H24N2O4S/c1-4-14-30-22-7-5-6-21(16-22)25-24(27)19-11-10-18(3)23(15-19)31(28,29)26-20-12-8-17(2)9-13-20/h4-13,15-16,26H,1,14H2,2-3H3,(H,25,27). The van der Waals surface area contributed by atoms with Gasteiger partial charge in [0.15, 0.2) is 0 Å². The van der Waals surface area contributed by atoms with E-state index in [0.717, 1.165) is 5.56 Å². The van der Waals surface area contributed by atoms with Gasteiger partial charge in [0.1, 0.15) is 12.4 Å². The molecule has 0 aliphatic carbocycles. The van der Waals surface area contributed by atoms with Gasteiger partial charge >= 0.3 is 0 Å². The first-order valence-electron chi connectivity index (χ1n) is 9.64. The van der Waals surface area contributed by atoms with E-state index in [9.17, 15) is 13.2 Å². The van der Waals surface area contributed by atoms with Crippen molar-refractivity contribution < 1.29 is 17.9 Å². The zero-order valence-electron chi connectivity index (χ0n) is 17.4. The van der Waals surface area contributed by atoms with Gasteiger partial charge in [0, 0.05) is 23.0 Å². The van der Waals surface area contributed by atoms with Gasteiger partial charge in [0.05, 0.1) is 4.90 Å². The van der Waals surface area contributed by atoms with Crippen molar-refractivity contribution >= 4 is 27.3 Å². The van der Waals surface area contributed by atoms with Crippen LogP contribution in [0.25, 0.3) is 0 Å². The molecular formula is C24H24N2O4S. The van der Waals surface area contributed by atoms with E-state index in [1.165, 1.54) is 6.07 Å². The Bertz CT molecular complexity index is 1200. The molecule has 7 heteroatoms. The molecule has 3 aromatic rings. The van der Waals surface area contributed by atoms with E-state index in [1.54, 1.807) is 61.5 Å². The smallest absolute Gasteiger partial charge is 0.262 e. The van der Waals surface area contributed by atoms with E-state index >= 15 is 0 Å². The summed E-state index contributed by atoms with van der Waals surface area (Å²) in [6.07, 6.45) is 1.63. The van der Waals surface area contributed by atoms with Crippen molar-refractivity contribution in [1.82, 2.24) is 0 Å². The van der Waals surface area contributed by atoms with Crippen LogP contribution in [0.5, 0.6) is 5.75 Å². The Labute approximate surface area is 182 Å². The minimum atomic E-state index is -3.86. The van der Waals surface area contributed by atoms with Crippen LogP contribution in [-0.2, 0) is 10.0 Å². The van der Waals surface area contributed by atoms with Crippen LogP contribution in [0, 0.1) is 13.8 Å². The van der Waals surface area contributed by atoms with E-state index < -0.39 is 15.9 Å². The van der Waals surface area contributed by atoms with E-state index in [2.05, 4.69) is 16.6 Å². The van der Waals surface area contributed by atoms with Crippen LogP contribution in [0.1, 0.15) is 21.5 Å². The topological polar surface area (TPSA) is 84.5 Å². The molecular weight excluding hydrogens is 412 g/mol. The van der Waals surface area contributed by atoms with Gasteiger partial charge in [0.2, 0.25) is 0 Å². The molecule has 0 saturated heterocycles. The molecule has 0 atom stereocenters. The molecule has 6 nitrogen and oxygen atoms in total. The molecule has 1 amide bonds. The SMILES string of the molecule is C=CCOc1cccc(NC(=O)c2ccc(C)c(S(=O)(=O)Nc3ccc(C)cc3)c2)c1. The number of hydrogen-bond donors (Lipinski definition) is 2. The maximum atomic E-state index is 12.9. The van der Waals surface area contributed by atoms with Crippen molar-refractivity contribution in [3.05, 3.63) is 96.1 Å².